The van der Waals surface area contributed by atoms with Crippen molar-refractivity contribution in [2.45, 2.75) is 64.7 Å². The summed E-state index contributed by atoms with van der Waals surface area (Å²) in [7, 11) is 0. The minimum Gasteiger partial charge on any atom is -0.295 e. The van der Waals surface area contributed by atoms with E-state index >= 15 is 0 Å². The molecule has 2 nitrogen and oxygen atoms in total. The normalized spacial score (nSPS) is 34.7. The number of nitrogens with zero attached hydrogens (tertiary/aromatic N) is 2. The van der Waals surface area contributed by atoms with Crippen molar-refractivity contribution in [3.05, 3.63) is 0 Å². The number of piperidine rings is 2. The number of hydrogen-bond acceptors (Lipinski definition) is 2. The van der Waals surface area contributed by atoms with Gasteiger partial charge in [-0.1, -0.05) is 0 Å². The monoisotopic (exact) mass is 196 g/mol. The summed E-state index contributed by atoms with van der Waals surface area (Å²) in [5.41, 5.74) is 0. The van der Waals surface area contributed by atoms with Gasteiger partial charge in [0.25, 0.3) is 0 Å². The first kappa shape index (κ1) is 10.4. The Morgan fingerprint density at radius 3 is 1.36 bits per heavy atom. The summed E-state index contributed by atoms with van der Waals surface area (Å²) >= 11 is 0. The van der Waals surface area contributed by atoms with Gasteiger partial charge in [0.2, 0.25) is 0 Å². The molecule has 0 N–H and O–H groups in total. The molecule has 0 radical (unpaired) electrons. The first-order valence-electron chi connectivity index (χ1n) is 6.11. The lowest BCUT2D eigenvalue weighted by atomic mass is 9.89. The summed E-state index contributed by atoms with van der Waals surface area (Å²) in [6, 6.07) is 3.14. The van der Waals surface area contributed by atoms with E-state index in [9.17, 15) is 0 Å². The zero-order valence-corrected chi connectivity index (χ0v) is 10.0. The maximum absolute atomic E-state index is 2.70. The van der Waals surface area contributed by atoms with Gasteiger partial charge in [0.05, 0.1) is 0 Å². The molecule has 0 aromatic rings. The molecular weight excluding hydrogens is 172 g/mol. The third-order valence-corrected chi connectivity index (χ3v) is 3.94. The summed E-state index contributed by atoms with van der Waals surface area (Å²) in [5, 5.41) is 0. The molecule has 14 heavy (non-hydrogen) atoms. The number of rotatable bonds is 2. The molecule has 2 heteroatoms. The van der Waals surface area contributed by atoms with E-state index in [0.717, 1.165) is 24.2 Å². The molecule has 0 aromatic carbocycles. The van der Waals surface area contributed by atoms with Crippen LogP contribution in [-0.4, -0.2) is 47.1 Å². The zero-order chi connectivity index (χ0) is 10.3. The molecule has 0 aromatic heterocycles. The third kappa shape index (κ3) is 1.70. The molecule has 0 saturated carbocycles. The lowest BCUT2D eigenvalue weighted by Gasteiger charge is -2.54. The van der Waals surface area contributed by atoms with Gasteiger partial charge in [-0.05, 0) is 40.5 Å². The lowest BCUT2D eigenvalue weighted by Crippen LogP contribution is -2.65. The van der Waals surface area contributed by atoms with E-state index in [0.29, 0.717) is 0 Å². The summed E-state index contributed by atoms with van der Waals surface area (Å²) in [5.74, 6) is 0. The van der Waals surface area contributed by atoms with Crippen molar-refractivity contribution in [3.63, 3.8) is 0 Å². The van der Waals surface area contributed by atoms with Gasteiger partial charge >= 0.3 is 0 Å². The van der Waals surface area contributed by atoms with Gasteiger partial charge in [-0.3, -0.25) is 9.80 Å². The van der Waals surface area contributed by atoms with Gasteiger partial charge in [-0.15, -0.1) is 0 Å². The number of fused-ring (bicyclic) bond motifs is 3. The Balaban J connectivity index is 2.05. The van der Waals surface area contributed by atoms with Crippen LogP contribution in [0, 0.1) is 0 Å². The molecular formula is C12H24N2. The van der Waals surface area contributed by atoms with Crippen LogP contribution in [0.5, 0.6) is 0 Å². The molecule has 3 rings (SSSR count). The Labute approximate surface area is 88.3 Å². The van der Waals surface area contributed by atoms with Crippen molar-refractivity contribution in [2.24, 2.45) is 0 Å². The second-order valence-electron chi connectivity index (χ2n) is 5.47. The SMILES string of the molecule is CC(C)N1C[C@H]2CC[C@@H]1CN2C(C)C. The highest BCUT2D eigenvalue weighted by Crippen LogP contribution is 2.31. The smallest absolute Gasteiger partial charge is 0.0227 e. The average molecular weight is 196 g/mol. The topological polar surface area (TPSA) is 6.48 Å². The molecule has 2 bridgehead atoms. The zero-order valence-electron chi connectivity index (χ0n) is 10.0. The molecule has 0 amide bonds. The molecule has 2 atom stereocenters. The van der Waals surface area contributed by atoms with E-state index < -0.39 is 0 Å². The summed E-state index contributed by atoms with van der Waals surface area (Å²) in [4.78, 5) is 5.40. The predicted octanol–water partition coefficient (Wildman–Crippen LogP) is 1.95. The van der Waals surface area contributed by atoms with E-state index in [1.807, 2.05) is 0 Å². The average Bonchev–Trinajstić information content (AvgIpc) is 2.18. The van der Waals surface area contributed by atoms with Crippen molar-refractivity contribution in [1.82, 2.24) is 9.80 Å². The quantitative estimate of drug-likeness (QED) is 0.666. The van der Waals surface area contributed by atoms with Crippen LogP contribution in [0.3, 0.4) is 0 Å². The van der Waals surface area contributed by atoms with Gasteiger partial charge in [0.1, 0.15) is 0 Å². The van der Waals surface area contributed by atoms with Crippen LogP contribution in [0.2, 0.25) is 0 Å². The van der Waals surface area contributed by atoms with Gasteiger partial charge in [0, 0.05) is 37.3 Å². The molecule has 0 aliphatic carbocycles. The fraction of sp³-hybridized carbons (Fsp3) is 1.00. The molecule has 3 fully saturated rings. The second kappa shape index (κ2) is 3.82. The van der Waals surface area contributed by atoms with Crippen molar-refractivity contribution in [1.29, 1.82) is 0 Å². The Hall–Kier alpha value is -0.0800. The highest BCUT2D eigenvalue weighted by Gasteiger charge is 2.40. The van der Waals surface area contributed by atoms with Crippen LogP contribution in [0.1, 0.15) is 40.5 Å². The highest BCUT2D eigenvalue weighted by molar-refractivity contribution is 4.96. The van der Waals surface area contributed by atoms with Gasteiger partial charge < -0.3 is 0 Å². The van der Waals surface area contributed by atoms with E-state index in [4.69, 9.17) is 0 Å². The Morgan fingerprint density at radius 1 is 0.786 bits per heavy atom. The number of hydrogen-bond donors (Lipinski definition) is 0. The first-order chi connectivity index (χ1) is 6.59. The summed E-state index contributed by atoms with van der Waals surface area (Å²) < 4.78 is 0. The van der Waals surface area contributed by atoms with Crippen LogP contribution in [0.4, 0.5) is 0 Å². The van der Waals surface area contributed by atoms with Gasteiger partial charge in [0.15, 0.2) is 0 Å². The molecule has 0 unspecified atom stereocenters. The molecule has 3 aliphatic rings. The minimum absolute atomic E-state index is 0.733. The summed E-state index contributed by atoms with van der Waals surface area (Å²) in [6.45, 7) is 11.9. The predicted molar refractivity (Wildman–Crippen MR) is 60.5 cm³/mol. The molecule has 3 saturated heterocycles. The fourth-order valence-electron chi connectivity index (χ4n) is 3.16. The second-order valence-corrected chi connectivity index (χ2v) is 5.47. The van der Waals surface area contributed by atoms with Crippen LogP contribution in [0.25, 0.3) is 0 Å². The Morgan fingerprint density at radius 2 is 1.14 bits per heavy atom. The first-order valence-corrected chi connectivity index (χ1v) is 6.11. The maximum Gasteiger partial charge on any atom is 0.0227 e. The Bertz CT molecular complexity index is 178. The number of piperazine rings is 1. The van der Waals surface area contributed by atoms with E-state index in [-0.39, 0.29) is 0 Å². The molecule has 82 valence electrons. The van der Waals surface area contributed by atoms with E-state index in [2.05, 4.69) is 37.5 Å². The highest BCUT2D eigenvalue weighted by atomic mass is 15.3. The van der Waals surface area contributed by atoms with E-state index in [1.165, 1.54) is 25.9 Å². The van der Waals surface area contributed by atoms with E-state index in [1.54, 1.807) is 0 Å². The molecule has 3 aliphatic heterocycles. The van der Waals surface area contributed by atoms with Crippen molar-refractivity contribution >= 4 is 0 Å². The van der Waals surface area contributed by atoms with Crippen LogP contribution < -0.4 is 0 Å². The van der Waals surface area contributed by atoms with Crippen molar-refractivity contribution in [2.75, 3.05) is 13.1 Å². The van der Waals surface area contributed by atoms with Crippen LogP contribution >= 0.6 is 0 Å². The Kier molecular flexibility index (Phi) is 2.85. The minimum atomic E-state index is 0.733. The van der Waals surface area contributed by atoms with Gasteiger partial charge in [-0.2, -0.15) is 0 Å². The van der Waals surface area contributed by atoms with Crippen molar-refractivity contribution in [3.8, 4) is 0 Å². The largest absolute Gasteiger partial charge is 0.295 e. The molecule has 3 heterocycles. The standard InChI is InChI=1S/C12H24N2/c1-9(2)13-7-12-6-5-11(13)8-14(12)10(3)4/h9-12H,5-8H2,1-4H3/t11-,12-/m1/s1. The maximum atomic E-state index is 2.70. The van der Waals surface area contributed by atoms with Crippen LogP contribution in [-0.2, 0) is 0 Å². The van der Waals surface area contributed by atoms with Gasteiger partial charge in [-0.25, -0.2) is 0 Å². The lowest BCUT2D eigenvalue weighted by molar-refractivity contribution is -0.0495. The van der Waals surface area contributed by atoms with Crippen molar-refractivity contribution < 1.29 is 0 Å². The van der Waals surface area contributed by atoms with Crippen LogP contribution in [0.15, 0.2) is 0 Å². The third-order valence-electron chi connectivity index (χ3n) is 3.94. The molecule has 0 spiro atoms. The fourth-order valence-corrected chi connectivity index (χ4v) is 3.16. The summed E-state index contributed by atoms with van der Waals surface area (Å²) in [6.07, 6.45) is 2.85.